The van der Waals surface area contributed by atoms with Crippen molar-refractivity contribution >= 4 is 11.6 Å². The average Bonchev–Trinajstić information content (AvgIpc) is 2.94. The largest absolute Gasteiger partial charge is 0.324 e. The highest BCUT2D eigenvalue weighted by Gasteiger charge is 2.31. The molecule has 0 radical (unpaired) electrons. The molecule has 0 bridgehead atoms. The van der Waals surface area contributed by atoms with Gasteiger partial charge in [0.05, 0.1) is 0 Å². The maximum absolute atomic E-state index is 13.2. The summed E-state index contributed by atoms with van der Waals surface area (Å²) in [6, 6.07) is 4.05. The van der Waals surface area contributed by atoms with Crippen LogP contribution in [0.2, 0.25) is 0 Å². The van der Waals surface area contributed by atoms with E-state index in [1.54, 1.807) is 6.07 Å². The van der Waals surface area contributed by atoms with Crippen molar-refractivity contribution in [3.63, 3.8) is 0 Å². The Morgan fingerprint density at radius 1 is 1.33 bits per heavy atom. The quantitative estimate of drug-likeness (QED) is 0.863. The molecule has 0 spiro atoms. The summed E-state index contributed by atoms with van der Waals surface area (Å²) in [6.45, 7) is 0.841. The molecule has 1 amide bonds. The Morgan fingerprint density at radius 2 is 2.11 bits per heavy atom. The molecule has 2 N–H and O–H groups in total. The lowest BCUT2D eigenvalue weighted by Gasteiger charge is -2.15. The molecule has 1 unspecified atom stereocenters. The van der Waals surface area contributed by atoms with Gasteiger partial charge in [-0.2, -0.15) is 0 Å². The number of halogens is 1. The van der Waals surface area contributed by atoms with E-state index in [1.807, 2.05) is 0 Å². The van der Waals surface area contributed by atoms with Gasteiger partial charge in [0.15, 0.2) is 0 Å². The van der Waals surface area contributed by atoms with Crippen molar-refractivity contribution < 1.29 is 9.18 Å². The maximum atomic E-state index is 13.2. The van der Waals surface area contributed by atoms with Gasteiger partial charge in [-0.25, -0.2) is 4.39 Å². The standard InChI is InChI=1S/C14H17FN2O/c15-10-5-6-12-11(7-10)13(14(18)17-12)16-8-9-3-1-2-4-9/h5-7,9,13,16H,1-4,8H2,(H,17,18). The van der Waals surface area contributed by atoms with Gasteiger partial charge < -0.3 is 10.6 Å². The van der Waals surface area contributed by atoms with Gasteiger partial charge in [-0.15, -0.1) is 0 Å². The summed E-state index contributed by atoms with van der Waals surface area (Å²) in [7, 11) is 0. The average molecular weight is 248 g/mol. The van der Waals surface area contributed by atoms with E-state index < -0.39 is 6.04 Å². The first-order valence-electron chi connectivity index (χ1n) is 6.58. The Morgan fingerprint density at radius 3 is 2.89 bits per heavy atom. The lowest BCUT2D eigenvalue weighted by Crippen LogP contribution is -2.31. The van der Waals surface area contributed by atoms with Crippen LogP contribution in [-0.2, 0) is 4.79 Å². The van der Waals surface area contributed by atoms with Crippen LogP contribution < -0.4 is 10.6 Å². The maximum Gasteiger partial charge on any atom is 0.246 e. The van der Waals surface area contributed by atoms with Gasteiger partial charge in [-0.1, -0.05) is 12.8 Å². The van der Waals surface area contributed by atoms with Crippen LogP contribution in [0.25, 0.3) is 0 Å². The molecular formula is C14H17FN2O. The Balaban J connectivity index is 1.72. The molecular weight excluding hydrogens is 231 g/mol. The third-order valence-electron chi connectivity index (χ3n) is 3.93. The molecule has 0 aromatic heterocycles. The summed E-state index contributed by atoms with van der Waals surface area (Å²) in [5.74, 6) is 0.293. The molecule has 2 aliphatic rings. The molecule has 0 saturated heterocycles. The first-order chi connectivity index (χ1) is 8.74. The molecule has 1 aliphatic carbocycles. The predicted octanol–water partition coefficient (Wildman–Crippen LogP) is 2.60. The second kappa shape index (κ2) is 4.69. The number of rotatable bonds is 3. The van der Waals surface area contributed by atoms with Crippen LogP contribution in [0.5, 0.6) is 0 Å². The Hall–Kier alpha value is -1.42. The number of fused-ring (bicyclic) bond motifs is 1. The number of hydrogen-bond acceptors (Lipinski definition) is 2. The molecule has 4 heteroatoms. The summed E-state index contributed by atoms with van der Waals surface area (Å²) in [5.41, 5.74) is 1.46. The Bertz CT molecular complexity index is 469. The second-order valence-corrected chi connectivity index (χ2v) is 5.21. The minimum absolute atomic E-state index is 0.0754. The third kappa shape index (κ3) is 2.12. The molecule has 96 valence electrons. The van der Waals surface area contributed by atoms with Crippen molar-refractivity contribution in [3.8, 4) is 0 Å². The fourth-order valence-electron chi connectivity index (χ4n) is 2.93. The van der Waals surface area contributed by atoms with Gasteiger partial charge in [0, 0.05) is 11.3 Å². The van der Waals surface area contributed by atoms with Crippen LogP contribution in [0.3, 0.4) is 0 Å². The van der Waals surface area contributed by atoms with E-state index in [0.29, 0.717) is 5.92 Å². The van der Waals surface area contributed by atoms with E-state index in [4.69, 9.17) is 0 Å². The minimum atomic E-state index is -0.392. The van der Waals surface area contributed by atoms with Gasteiger partial charge >= 0.3 is 0 Å². The smallest absolute Gasteiger partial charge is 0.246 e. The minimum Gasteiger partial charge on any atom is -0.324 e. The number of nitrogens with one attached hydrogen (secondary N) is 2. The van der Waals surface area contributed by atoms with Gasteiger partial charge in [-0.05, 0) is 43.5 Å². The van der Waals surface area contributed by atoms with E-state index in [-0.39, 0.29) is 11.7 Å². The molecule has 18 heavy (non-hydrogen) atoms. The van der Waals surface area contributed by atoms with Crippen molar-refractivity contribution in [1.29, 1.82) is 0 Å². The molecule has 1 heterocycles. The molecule has 3 nitrogen and oxygen atoms in total. The number of benzene rings is 1. The highest BCUT2D eigenvalue weighted by molar-refractivity contribution is 6.02. The number of carbonyl (C=O) groups is 1. The molecule has 3 rings (SSSR count). The van der Waals surface area contributed by atoms with Crippen molar-refractivity contribution in [2.24, 2.45) is 5.92 Å². The normalized spacial score (nSPS) is 23.2. The highest BCUT2D eigenvalue weighted by Crippen LogP contribution is 2.32. The Kier molecular flexibility index (Phi) is 3.04. The summed E-state index contributed by atoms with van der Waals surface area (Å²) in [6.07, 6.45) is 5.04. The summed E-state index contributed by atoms with van der Waals surface area (Å²) < 4.78 is 13.2. The van der Waals surface area contributed by atoms with Crippen LogP contribution in [0, 0.1) is 11.7 Å². The fourth-order valence-corrected chi connectivity index (χ4v) is 2.93. The number of hydrogen-bond donors (Lipinski definition) is 2. The zero-order valence-corrected chi connectivity index (χ0v) is 10.2. The fraction of sp³-hybridized carbons (Fsp3) is 0.500. The van der Waals surface area contributed by atoms with Crippen LogP contribution in [0.4, 0.5) is 10.1 Å². The second-order valence-electron chi connectivity index (χ2n) is 5.21. The molecule has 1 fully saturated rings. The third-order valence-corrected chi connectivity index (χ3v) is 3.93. The van der Waals surface area contributed by atoms with Gasteiger partial charge in [0.2, 0.25) is 5.91 Å². The molecule has 1 saturated carbocycles. The van der Waals surface area contributed by atoms with E-state index >= 15 is 0 Å². The van der Waals surface area contributed by atoms with Crippen molar-refractivity contribution in [2.75, 3.05) is 11.9 Å². The van der Waals surface area contributed by atoms with Crippen LogP contribution >= 0.6 is 0 Å². The lowest BCUT2D eigenvalue weighted by atomic mass is 10.1. The highest BCUT2D eigenvalue weighted by atomic mass is 19.1. The van der Waals surface area contributed by atoms with Gasteiger partial charge in [0.25, 0.3) is 0 Å². The zero-order chi connectivity index (χ0) is 12.5. The first kappa shape index (κ1) is 11.7. The molecule has 1 aliphatic heterocycles. The first-order valence-corrected chi connectivity index (χ1v) is 6.58. The number of carbonyl (C=O) groups excluding carboxylic acids is 1. The van der Waals surface area contributed by atoms with Gasteiger partial charge in [0.1, 0.15) is 11.9 Å². The molecule has 1 atom stereocenters. The topological polar surface area (TPSA) is 41.1 Å². The zero-order valence-electron chi connectivity index (χ0n) is 10.2. The van der Waals surface area contributed by atoms with E-state index in [2.05, 4.69) is 10.6 Å². The van der Waals surface area contributed by atoms with Gasteiger partial charge in [-0.3, -0.25) is 4.79 Å². The lowest BCUT2D eigenvalue weighted by molar-refractivity contribution is -0.117. The van der Waals surface area contributed by atoms with Crippen LogP contribution in [-0.4, -0.2) is 12.5 Å². The summed E-state index contributed by atoms with van der Waals surface area (Å²) in [4.78, 5) is 11.9. The Labute approximate surface area is 106 Å². The number of anilines is 1. The monoisotopic (exact) mass is 248 g/mol. The van der Waals surface area contributed by atoms with Crippen molar-refractivity contribution in [3.05, 3.63) is 29.6 Å². The van der Waals surface area contributed by atoms with E-state index in [1.165, 1.54) is 37.8 Å². The summed E-state index contributed by atoms with van der Waals surface area (Å²) >= 11 is 0. The van der Waals surface area contributed by atoms with Crippen LogP contribution in [0.15, 0.2) is 18.2 Å². The van der Waals surface area contributed by atoms with E-state index in [0.717, 1.165) is 17.8 Å². The van der Waals surface area contributed by atoms with Crippen molar-refractivity contribution in [2.45, 2.75) is 31.7 Å². The molecule has 1 aromatic carbocycles. The molecule has 1 aromatic rings. The van der Waals surface area contributed by atoms with Crippen LogP contribution in [0.1, 0.15) is 37.3 Å². The summed E-state index contributed by atoms with van der Waals surface area (Å²) in [5, 5.41) is 6.06. The SMILES string of the molecule is O=C1Nc2ccc(F)cc2C1NCC1CCCC1. The predicted molar refractivity (Wildman–Crippen MR) is 67.7 cm³/mol. The van der Waals surface area contributed by atoms with Crippen molar-refractivity contribution in [1.82, 2.24) is 5.32 Å². The van der Waals surface area contributed by atoms with E-state index in [9.17, 15) is 9.18 Å². The number of amides is 1.